The van der Waals surface area contributed by atoms with Crippen molar-refractivity contribution >= 4 is 23.2 Å². The van der Waals surface area contributed by atoms with Crippen LogP contribution in [0, 0.1) is 0 Å². The van der Waals surface area contributed by atoms with E-state index < -0.39 is 0 Å². The van der Waals surface area contributed by atoms with Gasteiger partial charge in [0.25, 0.3) is 5.91 Å². The smallest absolute Gasteiger partial charge is 0.257 e. The summed E-state index contributed by atoms with van der Waals surface area (Å²) in [5.74, 6) is 0.335. The molecule has 1 aliphatic carbocycles. The molecule has 0 spiro atoms. The van der Waals surface area contributed by atoms with Gasteiger partial charge in [-0.3, -0.25) is 14.5 Å². The van der Waals surface area contributed by atoms with E-state index in [-0.39, 0.29) is 11.8 Å². The number of likely N-dealkylation sites (N-methyl/N-ethyl adjacent to an activating group) is 1. The van der Waals surface area contributed by atoms with Crippen LogP contribution < -0.4 is 15.4 Å². The summed E-state index contributed by atoms with van der Waals surface area (Å²) in [6.45, 7) is 0.319. The fraction of sp³-hybridized carbons (Fsp3) is 0.364. The summed E-state index contributed by atoms with van der Waals surface area (Å²) in [6, 6.07) is 14.6. The fourth-order valence-electron chi connectivity index (χ4n) is 3.55. The summed E-state index contributed by atoms with van der Waals surface area (Å²) in [5.41, 5.74) is 1.60. The molecule has 1 aliphatic rings. The maximum Gasteiger partial charge on any atom is 0.257 e. The molecule has 0 bridgehead atoms. The SMILES string of the molecule is COc1ccc(NC(=O)c2ccccc2NC(=O)CN(C)C2CCCC2)cc1. The van der Waals surface area contributed by atoms with E-state index in [9.17, 15) is 9.59 Å². The number of amides is 2. The highest BCUT2D eigenvalue weighted by molar-refractivity contribution is 6.10. The standard InChI is InChI=1S/C22H27N3O3/c1-25(17-7-3-4-8-17)15-21(26)24-20-10-6-5-9-19(20)22(27)23-16-11-13-18(28-2)14-12-16/h5-6,9-14,17H,3-4,7-8,15H2,1-2H3,(H,23,27)(H,24,26). The number of methoxy groups -OCH3 is 1. The number of nitrogens with one attached hydrogen (secondary N) is 2. The molecule has 0 unspecified atom stereocenters. The van der Waals surface area contributed by atoms with Crippen LogP contribution >= 0.6 is 0 Å². The van der Waals surface area contributed by atoms with Crippen LogP contribution in [-0.4, -0.2) is 43.5 Å². The second-order valence-electron chi connectivity index (χ2n) is 7.13. The van der Waals surface area contributed by atoms with Crippen molar-refractivity contribution in [2.45, 2.75) is 31.7 Å². The minimum absolute atomic E-state index is 0.112. The van der Waals surface area contributed by atoms with Crippen molar-refractivity contribution in [2.24, 2.45) is 0 Å². The molecular formula is C22H27N3O3. The number of hydrogen-bond donors (Lipinski definition) is 2. The second-order valence-corrected chi connectivity index (χ2v) is 7.13. The normalized spacial score (nSPS) is 14.1. The molecule has 6 heteroatoms. The summed E-state index contributed by atoms with van der Waals surface area (Å²) in [7, 11) is 3.58. The predicted octanol–water partition coefficient (Wildman–Crippen LogP) is 3.76. The van der Waals surface area contributed by atoms with Crippen LogP contribution in [0.4, 0.5) is 11.4 Å². The van der Waals surface area contributed by atoms with Gasteiger partial charge < -0.3 is 15.4 Å². The molecule has 148 valence electrons. The molecule has 2 aromatic carbocycles. The molecule has 0 atom stereocenters. The minimum atomic E-state index is -0.273. The van der Waals surface area contributed by atoms with E-state index in [0.717, 1.165) is 18.6 Å². The first-order valence-electron chi connectivity index (χ1n) is 9.61. The number of para-hydroxylation sites is 1. The van der Waals surface area contributed by atoms with Crippen LogP contribution in [0.3, 0.4) is 0 Å². The number of rotatable bonds is 7. The Bertz CT molecular complexity index is 814. The summed E-state index contributed by atoms with van der Waals surface area (Å²) in [4.78, 5) is 27.3. The highest BCUT2D eigenvalue weighted by Crippen LogP contribution is 2.23. The lowest BCUT2D eigenvalue weighted by atomic mass is 10.1. The zero-order chi connectivity index (χ0) is 19.9. The first-order valence-corrected chi connectivity index (χ1v) is 9.61. The Morgan fingerprint density at radius 2 is 1.71 bits per heavy atom. The van der Waals surface area contributed by atoms with Gasteiger partial charge in [0.05, 0.1) is 24.9 Å². The Balaban J connectivity index is 1.64. The monoisotopic (exact) mass is 381 g/mol. The molecule has 0 saturated heterocycles. The molecule has 2 amide bonds. The number of nitrogens with zero attached hydrogens (tertiary/aromatic N) is 1. The van der Waals surface area contributed by atoms with Crippen molar-refractivity contribution in [1.82, 2.24) is 4.90 Å². The number of carbonyl (C=O) groups excluding carboxylic acids is 2. The van der Waals surface area contributed by atoms with Crippen LogP contribution in [0.1, 0.15) is 36.0 Å². The van der Waals surface area contributed by atoms with Gasteiger partial charge in [-0.25, -0.2) is 0 Å². The van der Waals surface area contributed by atoms with E-state index in [1.807, 2.05) is 7.05 Å². The van der Waals surface area contributed by atoms with Gasteiger partial charge in [0, 0.05) is 11.7 Å². The van der Waals surface area contributed by atoms with E-state index in [2.05, 4.69) is 15.5 Å². The Labute approximate surface area is 165 Å². The summed E-state index contributed by atoms with van der Waals surface area (Å²) in [5, 5.41) is 5.74. The zero-order valence-corrected chi connectivity index (χ0v) is 16.4. The maximum atomic E-state index is 12.7. The largest absolute Gasteiger partial charge is 0.497 e. The lowest BCUT2D eigenvalue weighted by Crippen LogP contribution is -2.36. The van der Waals surface area contributed by atoms with Crippen LogP contribution in [0.25, 0.3) is 0 Å². The molecule has 2 N–H and O–H groups in total. The molecule has 3 rings (SSSR count). The van der Waals surface area contributed by atoms with E-state index in [4.69, 9.17) is 4.74 Å². The van der Waals surface area contributed by atoms with Gasteiger partial charge in [-0.15, -0.1) is 0 Å². The second kappa shape index (κ2) is 9.37. The first kappa shape index (κ1) is 19.9. The van der Waals surface area contributed by atoms with Crippen LogP contribution in [0.2, 0.25) is 0 Å². The molecule has 0 aliphatic heterocycles. The third-order valence-corrected chi connectivity index (χ3v) is 5.13. The van der Waals surface area contributed by atoms with Gasteiger partial charge in [0.15, 0.2) is 0 Å². The Hall–Kier alpha value is -2.86. The summed E-state index contributed by atoms with van der Waals surface area (Å²) >= 11 is 0. The molecule has 6 nitrogen and oxygen atoms in total. The number of anilines is 2. The molecular weight excluding hydrogens is 354 g/mol. The van der Waals surface area contributed by atoms with Gasteiger partial charge in [-0.2, -0.15) is 0 Å². The Morgan fingerprint density at radius 1 is 1.04 bits per heavy atom. The molecule has 28 heavy (non-hydrogen) atoms. The van der Waals surface area contributed by atoms with Crippen molar-refractivity contribution in [2.75, 3.05) is 31.3 Å². The molecule has 1 saturated carbocycles. The quantitative estimate of drug-likeness (QED) is 0.766. The predicted molar refractivity (Wildman–Crippen MR) is 111 cm³/mol. The average molecular weight is 381 g/mol. The van der Waals surface area contributed by atoms with Crippen molar-refractivity contribution in [3.05, 3.63) is 54.1 Å². The highest BCUT2D eigenvalue weighted by Gasteiger charge is 2.22. The highest BCUT2D eigenvalue weighted by atomic mass is 16.5. The maximum absolute atomic E-state index is 12.7. The topological polar surface area (TPSA) is 70.7 Å². The lowest BCUT2D eigenvalue weighted by Gasteiger charge is -2.23. The molecule has 2 aromatic rings. The van der Waals surface area contributed by atoms with Gasteiger partial charge in [0.2, 0.25) is 5.91 Å². The van der Waals surface area contributed by atoms with Crippen LogP contribution in [-0.2, 0) is 4.79 Å². The van der Waals surface area contributed by atoms with Crippen molar-refractivity contribution in [1.29, 1.82) is 0 Å². The van der Waals surface area contributed by atoms with E-state index in [1.54, 1.807) is 55.6 Å². The van der Waals surface area contributed by atoms with Gasteiger partial charge in [-0.05, 0) is 56.3 Å². The molecule has 0 heterocycles. The van der Waals surface area contributed by atoms with Crippen molar-refractivity contribution in [3.63, 3.8) is 0 Å². The van der Waals surface area contributed by atoms with Gasteiger partial charge >= 0.3 is 0 Å². The summed E-state index contributed by atoms with van der Waals surface area (Å²) < 4.78 is 5.13. The van der Waals surface area contributed by atoms with Gasteiger partial charge in [0.1, 0.15) is 5.75 Å². The summed E-state index contributed by atoms with van der Waals surface area (Å²) in [6.07, 6.45) is 4.74. The first-order chi connectivity index (χ1) is 13.6. The number of ether oxygens (including phenoxy) is 1. The Kier molecular flexibility index (Phi) is 6.66. The average Bonchev–Trinajstić information content (AvgIpc) is 3.24. The van der Waals surface area contributed by atoms with E-state index in [1.165, 1.54) is 12.8 Å². The number of benzene rings is 2. The number of hydrogen-bond acceptors (Lipinski definition) is 4. The van der Waals surface area contributed by atoms with Crippen molar-refractivity contribution in [3.8, 4) is 5.75 Å². The third-order valence-electron chi connectivity index (χ3n) is 5.13. The van der Waals surface area contributed by atoms with E-state index in [0.29, 0.717) is 29.5 Å². The third kappa shape index (κ3) is 5.10. The van der Waals surface area contributed by atoms with Crippen molar-refractivity contribution < 1.29 is 14.3 Å². The van der Waals surface area contributed by atoms with Crippen LogP contribution in [0.15, 0.2) is 48.5 Å². The zero-order valence-electron chi connectivity index (χ0n) is 16.4. The number of carbonyl (C=O) groups is 2. The van der Waals surface area contributed by atoms with E-state index >= 15 is 0 Å². The lowest BCUT2D eigenvalue weighted by molar-refractivity contribution is -0.117. The fourth-order valence-corrected chi connectivity index (χ4v) is 3.55. The van der Waals surface area contributed by atoms with Gasteiger partial charge in [-0.1, -0.05) is 25.0 Å². The molecule has 0 aromatic heterocycles. The Morgan fingerprint density at radius 3 is 2.39 bits per heavy atom. The molecule has 0 radical (unpaired) electrons. The minimum Gasteiger partial charge on any atom is -0.497 e. The molecule has 1 fully saturated rings. The van der Waals surface area contributed by atoms with Crippen LogP contribution in [0.5, 0.6) is 5.75 Å².